The van der Waals surface area contributed by atoms with E-state index in [1.54, 1.807) is 5.56 Å². The number of carbonyl (C=O) groups excluding carboxylic acids is 1. The molecule has 3 nitrogen and oxygen atoms in total. The fourth-order valence-corrected chi connectivity index (χ4v) is 5.35. The maximum atomic E-state index is 10.9. The fourth-order valence-electron chi connectivity index (χ4n) is 5.35. The van der Waals surface area contributed by atoms with Gasteiger partial charge < -0.3 is 10.1 Å². The summed E-state index contributed by atoms with van der Waals surface area (Å²) in [6.45, 7) is 7.72. The molecule has 0 amide bonds. The van der Waals surface area contributed by atoms with Crippen LogP contribution >= 0.6 is 0 Å². The van der Waals surface area contributed by atoms with Crippen LogP contribution in [0.4, 0.5) is 0 Å². The van der Waals surface area contributed by atoms with Gasteiger partial charge in [-0.1, -0.05) is 42.5 Å². The highest BCUT2D eigenvalue weighted by Gasteiger charge is 2.30. The predicted octanol–water partition coefficient (Wildman–Crippen LogP) is 4.66. The Morgan fingerprint density at radius 3 is 2.77 bits per heavy atom. The molecule has 0 aromatic heterocycles. The molecule has 2 atom stereocenters. The Kier molecular flexibility index (Phi) is 7.35. The molecule has 0 radical (unpaired) electrons. The number of aldehydes is 1. The summed E-state index contributed by atoms with van der Waals surface area (Å²) in [5.41, 5.74) is 7.42. The van der Waals surface area contributed by atoms with Crippen molar-refractivity contribution >= 4 is 6.29 Å². The lowest BCUT2D eigenvalue weighted by atomic mass is 9.77. The zero-order valence-corrected chi connectivity index (χ0v) is 18.4. The van der Waals surface area contributed by atoms with Gasteiger partial charge in [-0.15, -0.1) is 0 Å². The Balaban J connectivity index is 1.54. The smallest absolute Gasteiger partial charge is 0.119 e. The molecule has 1 fully saturated rings. The summed E-state index contributed by atoms with van der Waals surface area (Å²) < 4.78 is 0. The largest absolute Gasteiger partial charge is 0.316 e. The number of aryl methyl sites for hydroxylation is 1. The van der Waals surface area contributed by atoms with E-state index in [1.165, 1.54) is 35.1 Å². The number of unbranched alkanes of at least 4 members (excludes halogenated alkanes) is 1. The van der Waals surface area contributed by atoms with Gasteiger partial charge in [-0.3, -0.25) is 4.90 Å². The minimum atomic E-state index is 0.566. The van der Waals surface area contributed by atoms with E-state index in [0.29, 0.717) is 18.3 Å². The van der Waals surface area contributed by atoms with Crippen LogP contribution in [0.5, 0.6) is 0 Å². The predicted molar refractivity (Wildman–Crippen MR) is 124 cm³/mol. The van der Waals surface area contributed by atoms with Crippen LogP contribution in [0.2, 0.25) is 0 Å². The summed E-state index contributed by atoms with van der Waals surface area (Å²) in [7, 11) is 0. The van der Waals surface area contributed by atoms with Crippen molar-refractivity contribution in [1.82, 2.24) is 10.2 Å². The first kappa shape index (κ1) is 21.3. The highest BCUT2D eigenvalue weighted by Crippen LogP contribution is 2.37. The number of rotatable bonds is 7. The lowest BCUT2D eigenvalue weighted by Gasteiger charge is -2.39. The average molecular weight is 405 g/mol. The van der Waals surface area contributed by atoms with E-state index in [9.17, 15) is 4.79 Å². The monoisotopic (exact) mass is 404 g/mol. The maximum absolute atomic E-state index is 10.9. The van der Waals surface area contributed by atoms with Gasteiger partial charge in [-0.2, -0.15) is 0 Å². The molecule has 160 valence electrons. The molecule has 2 aromatic carbocycles. The molecule has 2 aliphatic heterocycles. The average Bonchev–Trinajstić information content (AvgIpc) is 3.01. The SMILES string of the molecule is Cc1ccccc1CN1CCC(CCCC=O)C(c2ccc3c(c2)CCNCC3)C1. The molecule has 3 heteroatoms. The number of hydrogen-bond acceptors (Lipinski definition) is 3. The van der Waals surface area contributed by atoms with Gasteiger partial charge in [-0.25, -0.2) is 0 Å². The number of piperidine rings is 1. The van der Waals surface area contributed by atoms with E-state index in [-0.39, 0.29) is 0 Å². The normalized spacial score (nSPS) is 22.3. The van der Waals surface area contributed by atoms with Crippen LogP contribution < -0.4 is 5.32 Å². The van der Waals surface area contributed by atoms with Crippen molar-refractivity contribution in [3.05, 3.63) is 70.3 Å². The van der Waals surface area contributed by atoms with E-state index >= 15 is 0 Å². The number of likely N-dealkylation sites (tertiary alicyclic amines) is 1. The number of benzene rings is 2. The number of carbonyl (C=O) groups is 1. The first-order valence-corrected chi connectivity index (χ1v) is 11.8. The third-order valence-corrected chi connectivity index (χ3v) is 7.19. The quantitative estimate of drug-likeness (QED) is 0.538. The molecule has 30 heavy (non-hydrogen) atoms. The van der Waals surface area contributed by atoms with Gasteiger partial charge in [0.1, 0.15) is 6.29 Å². The third kappa shape index (κ3) is 5.19. The molecular formula is C27H36N2O. The third-order valence-electron chi connectivity index (χ3n) is 7.19. The van der Waals surface area contributed by atoms with Crippen LogP contribution in [-0.4, -0.2) is 37.4 Å². The number of fused-ring (bicyclic) bond motifs is 1. The van der Waals surface area contributed by atoms with Crippen molar-refractivity contribution in [2.24, 2.45) is 5.92 Å². The van der Waals surface area contributed by atoms with Crippen LogP contribution in [0.25, 0.3) is 0 Å². The molecule has 2 unspecified atom stereocenters. The lowest BCUT2D eigenvalue weighted by molar-refractivity contribution is -0.108. The topological polar surface area (TPSA) is 32.3 Å². The number of nitrogens with zero attached hydrogens (tertiary/aromatic N) is 1. The van der Waals surface area contributed by atoms with Gasteiger partial charge in [0.25, 0.3) is 0 Å². The van der Waals surface area contributed by atoms with E-state index in [4.69, 9.17) is 0 Å². The van der Waals surface area contributed by atoms with E-state index in [2.05, 4.69) is 59.6 Å². The Labute approximate surface area is 181 Å². The van der Waals surface area contributed by atoms with Crippen molar-refractivity contribution in [2.45, 2.75) is 57.9 Å². The number of nitrogens with one attached hydrogen (secondary N) is 1. The summed E-state index contributed by atoms with van der Waals surface area (Å²) in [5, 5.41) is 3.53. The second-order valence-electron chi connectivity index (χ2n) is 9.19. The molecule has 0 spiro atoms. The van der Waals surface area contributed by atoms with E-state index < -0.39 is 0 Å². The first-order valence-electron chi connectivity index (χ1n) is 11.8. The first-order chi connectivity index (χ1) is 14.7. The standard InChI is InChI=1S/C27H36N2O/c1-21-6-2-3-8-26(21)19-29-16-13-23(7-4-5-17-30)27(20-29)25-10-9-22-11-14-28-15-12-24(22)18-25/h2-3,6,8-10,17-18,23,27-28H,4-5,7,11-16,19-20H2,1H3. The molecule has 2 heterocycles. The van der Waals surface area contributed by atoms with Crippen LogP contribution in [0, 0.1) is 12.8 Å². The molecule has 0 bridgehead atoms. The molecule has 4 rings (SSSR count). The van der Waals surface area contributed by atoms with E-state index in [0.717, 1.165) is 58.3 Å². The summed E-state index contributed by atoms with van der Waals surface area (Å²) >= 11 is 0. The summed E-state index contributed by atoms with van der Waals surface area (Å²) in [6.07, 6.45) is 7.48. The van der Waals surface area contributed by atoms with Crippen molar-refractivity contribution in [3.63, 3.8) is 0 Å². The minimum Gasteiger partial charge on any atom is -0.316 e. The van der Waals surface area contributed by atoms with Gasteiger partial charge >= 0.3 is 0 Å². The maximum Gasteiger partial charge on any atom is 0.119 e. The molecule has 0 saturated carbocycles. The summed E-state index contributed by atoms with van der Waals surface area (Å²) in [6, 6.07) is 16.1. The molecule has 2 aromatic rings. The molecule has 1 N–H and O–H groups in total. The van der Waals surface area contributed by atoms with Crippen molar-refractivity contribution < 1.29 is 4.79 Å². The second-order valence-corrected chi connectivity index (χ2v) is 9.19. The Morgan fingerprint density at radius 2 is 1.93 bits per heavy atom. The van der Waals surface area contributed by atoms with Crippen molar-refractivity contribution in [1.29, 1.82) is 0 Å². The van der Waals surface area contributed by atoms with Crippen LogP contribution in [0.1, 0.15) is 59.4 Å². The van der Waals surface area contributed by atoms with Gasteiger partial charge in [-0.05, 0) is 98.3 Å². The Hall–Kier alpha value is -1.97. The van der Waals surface area contributed by atoms with E-state index in [1.807, 2.05) is 0 Å². The molecule has 0 aliphatic carbocycles. The zero-order chi connectivity index (χ0) is 20.8. The summed E-state index contributed by atoms with van der Waals surface area (Å²) in [5.74, 6) is 1.25. The van der Waals surface area contributed by atoms with Gasteiger partial charge in [0.05, 0.1) is 0 Å². The molecule has 1 saturated heterocycles. The highest BCUT2D eigenvalue weighted by molar-refractivity contribution is 5.49. The van der Waals surface area contributed by atoms with Crippen LogP contribution in [0.15, 0.2) is 42.5 Å². The zero-order valence-electron chi connectivity index (χ0n) is 18.4. The van der Waals surface area contributed by atoms with Crippen molar-refractivity contribution in [2.75, 3.05) is 26.2 Å². The second kappa shape index (κ2) is 10.4. The van der Waals surface area contributed by atoms with Crippen LogP contribution in [-0.2, 0) is 24.2 Å². The number of hydrogen-bond donors (Lipinski definition) is 1. The molecule has 2 aliphatic rings. The van der Waals surface area contributed by atoms with Gasteiger partial charge in [0.2, 0.25) is 0 Å². The fraction of sp³-hybridized carbons (Fsp3) is 0.519. The highest BCUT2D eigenvalue weighted by atomic mass is 16.1. The minimum absolute atomic E-state index is 0.566. The Morgan fingerprint density at radius 1 is 1.10 bits per heavy atom. The molecular weight excluding hydrogens is 368 g/mol. The summed E-state index contributed by atoms with van der Waals surface area (Å²) in [4.78, 5) is 13.5. The van der Waals surface area contributed by atoms with Crippen molar-refractivity contribution in [3.8, 4) is 0 Å². The van der Waals surface area contributed by atoms with Gasteiger partial charge in [0.15, 0.2) is 0 Å². The van der Waals surface area contributed by atoms with Crippen LogP contribution in [0.3, 0.4) is 0 Å². The Bertz CT molecular complexity index is 847. The van der Waals surface area contributed by atoms with Gasteiger partial charge in [0, 0.05) is 19.5 Å². The lowest BCUT2D eigenvalue weighted by Crippen LogP contribution is -2.39.